The standard InChI is InChI=1S/C12H15N3/c1-9(2)11-8-14-15(12(11)13)10-6-4-3-5-7-10/h3-9H,13H2,1-2H3. The zero-order valence-corrected chi connectivity index (χ0v) is 9.01. The smallest absolute Gasteiger partial charge is 0.130 e. The first-order valence-electron chi connectivity index (χ1n) is 5.09. The summed E-state index contributed by atoms with van der Waals surface area (Å²) in [6.07, 6.45) is 1.84. The summed E-state index contributed by atoms with van der Waals surface area (Å²) >= 11 is 0. The highest BCUT2D eigenvalue weighted by Crippen LogP contribution is 2.23. The molecule has 0 unspecified atom stereocenters. The first kappa shape index (κ1) is 9.77. The third-order valence-corrected chi connectivity index (χ3v) is 2.46. The molecule has 0 atom stereocenters. The van der Waals surface area contributed by atoms with Crippen molar-refractivity contribution in [3.8, 4) is 5.69 Å². The van der Waals surface area contributed by atoms with E-state index < -0.39 is 0 Å². The number of nitrogens with zero attached hydrogens (tertiary/aromatic N) is 2. The van der Waals surface area contributed by atoms with Crippen molar-refractivity contribution >= 4 is 5.82 Å². The molecule has 1 heterocycles. The molecule has 0 aliphatic heterocycles. The Hall–Kier alpha value is -1.77. The summed E-state index contributed by atoms with van der Waals surface area (Å²) in [5.74, 6) is 1.14. The molecule has 0 aliphatic rings. The summed E-state index contributed by atoms with van der Waals surface area (Å²) in [6, 6.07) is 9.92. The van der Waals surface area contributed by atoms with Gasteiger partial charge in [0.05, 0.1) is 11.9 Å². The average molecular weight is 201 g/mol. The van der Waals surface area contributed by atoms with Crippen molar-refractivity contribution in [2.45, 2.75) is 19.8 Å². The molecule has 0 aliphatic carbocycles. The second-order valence-electron chi connectivity index (χ2n) is 3.89. The fourth-order valence-corrected chi connectivity index (χ4v) is 1.59. The molecule has 0 bridgehead atoms. The lowest BCUT2D eigenvalue weighted by Crippen LogP contribution is -2.03. The summed E-state index contributed by atoms with van der Waals surface area (Å²) in [5, 5.41) is 4.30. The van der Waals surface area contributed by atoms with E-state index in [1.165, 1.54) is 0 Å². The van der Waals surface area contributed by atoms with Gasteiger partial charge in [-0.2, -0.15) is 5.10 Å². The van der Waals surface area contributed by atoms with Gasteiger partial charge in [0.2, 0.25) is 0 Å². The van der Waals surface area contributed by atoms with E-state index in [2.05, 4.69) is 18.9 Å². The van der Waals surface area contributed by atoms with Crippen LogP contribution >= 0.6 is 0 Å². The maximum atomic E-state index is 6.04. The SMILES string of the molecule is CC(C)c1cnn(-c2ccccc2)c1N. The minimum absolute atomic E-state index is 0.405. The van der Waals surface area contributed by atoms with Crippen LogP contribution in [-0.2, 0) is 0 Å². The molecule has 0 amide bonds. The minimum atomic E-state index is 0.405. The van der Waals surface area contributed by atoms with E-state index in [4.69, 9.17) is 5.73 Å². The highest BCUT2D eigenvalue weighted by Gasteiger charge is 2.10. The van der Waals surface area contributed by atoms with Crippen LogP contribution in [0.25, 0.3) is 5.69 Å². The Bertz CT molecular complexity index is 443. The number of para-hydroxylation sites is 1. The van der Waals surface area contributed by atoms with Gasteiger partial charge in [0.1, 0.15) is 5.82 Å². The van der Waals surface area contributed by atoms with Crippen LogP contribution in [0.1, 0.15) is 25.3 Å². The molecule has 0 saturated carbocycles. The monoisotopic (exact) mass is 201 g/mol. The molecular formula is C12H15N3. The van der Waals surface area contributed by atoms with E-state index in [1.807, 2.05) is 36.5 Å². The van der Waals surface area contributed by atoms with Crippen molar-refractivity contribution in [3.63, 3.8) is 0 Å². The van der Waals surface area contributed by atoms with Gasteiger partial charge < -0.3 is 5.73 Å². The second kappa shape index (κ2) is 3.77. The fourth-order valence-electron chi connectivity index (χ4n) is 1.59. The number of aromatic nitrogens is 2. The number of benzene rings is 1. The molecular weight excluding hydrogens is 186 g/mol. The van der Waals surface area contributed by atoms with E-state index >= 15 is 0 Å². The Balaban J connectivity index is 2.47. The Morgan fingerprint density at radius 3 is 2.40 bits per heavy atom. The zero-order valence-electron chi connectivity index (χ0n) is 9.01. The van der Waals surface area contributed by atoms with Crippen molar-refractivity contribution in [2.24, 2.45) is 0 Å². The third-order valence-electron chi connectivity index (χ3n) is 2.46. The number of anilines is 1. The van der Waals surface area contributed by atoms with Crippen molar-refractivity contribution in [2.75, 3.05) is 5.73 Å². The number of nitrogens with two attached hydrogens (primary N) is 1. The Morgan fingerprint density at radius 1 is 1.20 bits per heavy atom. The number of rotatable bonds is 2. The molecule has 3 nitrogen and oxygen atoms in total. The Labute approximate surface area is 89.5 Å². The van der Waals surface area contributed by atoms with Crippen LogP contribution < -0.4 is 5.73 Å². The van der Waals surface area contributed by atoms with E-state index in [0.29, 0.717) is 5.92 Å². The Kier molecular flexibility index (Phi) is 2.46. The molecule has 2 aromatic rings. The van der Waals surface area contributed by atoms with Crippen LogP contribution in [0.3, 0.4) is 0 Å². The molecule has 0 spiro atoms. The van der Waals surface area contributed by atoms with Crippen LogP contribution in [0.4, 0.5) is 5.82 Å². The maximum Gasteiger partial charge on any atom is 0.130 e. The van der Waals surface area contributed by atoms with Gasteiger partial charge in [0, 0.05) is 5.56 Å². The fraction of sp³-hybridized carbons (Fsp3) is 0.250. The molecule has 3 heteroatoms. The maximum absolute atomic E-state index is 6.04. The topological polar surface area (TPSA) is 43.8 Å². The number of nitrogen functional groups attached to an aromatic ring is 1. The van der Waals surface area contributed by atoms with E-state index in [0.717, 1.165) is 17.1 Å². The predicted molar refractivity (Wildman–Crippen MR) is 62.1 cm³/mol. The normalized spacial score (nSPS) is 10.9. The molecule has 2 N–H and O–H groups in total. The predicted octanol–water partition coefficient (Wildman–Crippen LogP) is 2.58. The van der Waals surface area contributed by atoms with Gasteiger partial charge in [-0.15, -0.1) is 0 Å². The first-order valence-corrected chi connectivity index (χ1v) is 5.09. The van der Waals surface area contributed by atoms with Crippen LogP contribution in [-0.4, -0.2) is 9.78 Å². The Morgan fingerprint density at radius 2 is 1.87 bits per heavy atom. The summed E-state index contributed by atoms with van der Waals surface area (Å²) < 4.78 is 1.77. The minimum Gasteiger partial charge on any atom is -0.383 e. The van der Waals surface area contributed by atoms with Crippen LogP contribution in [0.5, 0.6) is 0 Å². The first-order chi connectivity index (χ1) is 7.20. The summed E-state index contributed by atoms with van der Waals surface area (Å²) in [6.45, 7) is 4.23. The second-order valence-corrected chi connectivity index (χ2v) is 3.89. The molecule has 78 valence electrons. The van der Waals surface area contributed by atoms with Gasteiger partial charge in [-0.1, -0.05) is 32.0 Å². The van der Waals surface area contributed by atoms with Crippen molar-refractivity contribution in [1.82, 2.24) is 9.78 Å². The third kappa shape index (κ3) is 1.73. The van der Waals surface area contributed by atoms with Crippen LogP contribution in [0.2, 0.25) is 0 Å². The molecule has 1 aromatic heterocycles. The van der Waals surface area contributed by atoms with E-state index in [1.54, 1.807) is 4.68 Å². The zero-order chi connectivity index (χ0) is 10.8. The molecule has 0 saturated heterocycles. The average Bonchev–Trinajstić information content (AvgIpc) is 2.61. The van der Waals surface area contributed by atoms with Gasteiger partial charge in [0.15, 0.2) is 0 Å². The summed E-state index contributed by atoms with van der Waals surface area (Å²) in [7, 11) is 0. The van der Waals surface area contributed by atoms with Gasteiger partial charge >= 0.3 is 0 Å². The van der Waals surface area contributed by atoms with Gasteiger partial charge in [-0.3, -0.25) is 0 Å². The highest BCUT2D eigenvalue weighted by atomic mass is 15.3. The lowest BCUT2D eigenvalue weighted by atomic mass is 10.1. The quantitative estimate of drug-likeness (QED) is 0.811. The lowest BCUT2D eigenvalue weighted by Gasteiger charge is -2.06. The van der Waals surface area contributed by atoms with Gasteiger partial charge in [0.25, 0.3) is 0 Å². The molecule has 0 fully saturated rings. The largest absolute Gasteiger partial charge is 0.383 e. The van der Waals surface area contributed by atoms with Crippen molar-refractivity contribution in [3.05, 3.63) is 42.1 Å². The van der Waals surface area contributed by atoms with Crippen LogP contribution in [0, 0.1) is 0 Å². The van der Waals surface area contributed by atoms with Gasteiger partial charge in [-0.25, -0.2) is 4.68 Å². The van der Waals surface area contributed by atoms with Crippen LogP contribution in [0.15, 0.2) is 36.5 Å². The highest BCUT2D eigenvalue weighted by molar-refractivity contribution is 5.47. The molecule has 2 rings (SSSR count). The number of hydrogen-bond donors (Lipinski definition) is 1. The van der Waals surface area contributed by atoms with E-state index in [9.17, 15) is 0 Å². The van der Waals surface area contributed by atoms with Gasteiger partial charge in [-0.05, 0) is 18.1 Å². The molecule has 1 aromatic carbocycles. The van der Waals surface area contributed by atoms with Crippen molar-refractivity contribution in [1.29, 1.82) is 0 Å². The summed E-state index contributed by atoms with van der Waals surface area (Å²) in [5.41, 5.74) is 8.13. The lowest BCUT2D eigenvalue weighted by molar-refractivity contribution is 0.867. The summed E-state index contributed by atoms with van der Waals surface area (Å²) in [4.78, 5) is 0. The molecule has 0 radical (unpaired) electrons. The molecule has 15 heavy (non-hydrogen) atoms. The van der Waals surface area contributed by atoms with E-state index in [-0.39, 0.29) is 0 Å². The van der Waals surface area contributed by atoms with Crippen molar-refractivity contribution < 1.29 is 0 Å². The number of hydrogen-bond acceptors (Lipinski definition) is 2.